The van der Waals surface area contributed by atoms with Gasteiger partial charge in [0, 0.05) is 0 Å². The largest absolute Gasteiger partial charge is 0.362 e. The molecule has 4 heteroatoms. The molecule has 1 amide bonds. The topological polar surface area (TPSA) is 29.5 Å². The fourth-order valence-electron chi connectivity index (χ4n) is 2.78. The van der Waals surface area contributed by atoms with E-state index in [1.165, 1.54) is 12.1 Å². The summed E-state index contributed by atoms with van der Waals surface area (Å²) < 4.78 is 19.0. The summed E-state index contributed by atoms with van der Waals surface area (Å²) in [5.74, 6) is -0.329. The minimum absolute atomic E-state index is 0.0261. The Kier molecular flexibility index (Phi) is 4.20. The van der Waals surface area contributed by atoms with Crippen LogP contribution in [0.25, 0.3) is 0 Å². The van der Waals surface area contributed by atoms with Crippen molar-refractivity contribution in [3.63, 3.8) is 0 Å². The van der Waals surface area contributed by atoms with Gasteiger partial charge in [0.2, 0.25) is 5.91 Å². The smallest absolute Gasteiger partial charge is 0.249 e. The highest BCUT2D eigenvalue weighted by Gasteiger charge is 2.31. The van der Waals surface area contributed by atoms with Gasteiger partial charge in [-0.3, -0.25) is 4.79 Å². The van der Waals surface area contributed by atoms with Gasteiger partial charge in [0.15, 0.2) is 0 Å². The van der Waals surface area contributed by atoms with Crippen molar-refractivity contribution in [1.82, 2.24) is 4.90 Å². The highest BCUT2D eigenvalue weighted by molar-refractivity contribution is 5.78. The number of benzene rings is 2. The molecule has 2 aromatic carbocycles. The van der Waals surface area contributed by atoms with Crippen molar-refractivity contribution >= 4 is 5.91 Å². The lowest BCUT2D eigenvalue weighted by Crippen LogP contribution is -2.44. The standard InChI is InChI=1S/C18H18FNO2/c1-13(14-6-3-2-4-7-14)20-11-17(22-12-18(20)21)15-8-5-9-16(19)10-15/h2-10,13,17H,11-12H2,1H3/t13-,17+/m0/s1. The SMILES string of the molecule is C[C@@H](c1ccccc1)N1C[C@H](c2cccc(F)c2)OCC1=O. The van der Waals surface area contributed by atoms with Crippen molar-refractivity contribution in [3.05, 3.63) is 71.5 Å². The van der Waals surface area contributed by atoms with Crippen molar-refractivity contribution in [1.29, 1.82) is 0 Å². The first-order valence-electron chi connectivity index (χ1n) is 7.36. The molecule has 2 aromatic rings. The summed E-state index contributed by atoms with van der Waals surface area (Å²) in [6.45, 7) is 2.46. The Balaban J connectivity index is 1.81. The summed E-state index contributed by atoms with van der Waals surface area (Å²) in [6.07, 6.45) is -0.292. The predicted molar refractivity (Wildman–Crippen MR) is 81.7 cm³/mol. The van der Waals surface area contributed by atoms with Gasteiger partial charge in [-0.05, 0) is 30.2 Å². The van der Waals surface area contributed by atoms with Gasteiger partial charge in [-0.1, -0.05) is 42.5 Å². The minimum atomic E-state index is -0.292. The first-order valence-corrected chi connectivity index (χ1v) is 7.36. The summed E-state index contributed by atoms with van der Waals surface area (Å²) >= 11 is 0. The third kappa shape index (κ3) is 3.02. The molecule has 2 atom stereocenters. The molecule has 1 aliphatic rings. The zero-order valence-electron chi connectivity index (χ0n) is 12.4. The maximum atomic E-state index is 13.4. The number of carbonyl (C=O) groups is 1. The summed E-state index contributed by atoms with van der Waals surface area (Å²) in [7, 11) is 0. The lowest BCUT2D eigenvalue weighted by Gasteiger charge is -2.37. The van der Waals surface area contributed by atoms with Crippen molar-refractivity contribution in [2.24, 2.45) is 0 Å². The van der Waals surface area contributed by atoms with Crippen LogP contribution in [0, 0.1) is 5.82 Å². The minimum Gasteiger partial charge on any atom is -0.362 e. The van der Waals surface area contributed by atoms with Gasteiger partial charge in [-0.25, -0.2) is 4.39 Å². The monoisotopic (exact) mass is 299 g/mol. The van der Waals surface area contributed by atoms with Crippen LogP contribution in [0.15, 0.2) is 54.6 Å². The molecule has 0 bridgehead atoms. The molecule has 0 saturated carbocycles. The average Bonchev–Trinajstić information content (AvgIpc) is 2.55. The summed E-state index contributed by atoms with van der Waals surface area (Å²) in [5, 5.41) is 0. The van der Waals surface area contributed by atoms with Gasteiger partial charge in [-0.15, -0.1) is 0 Å². The van der Waals surface area contributed by atoms with E-state index in [9.17, 15) is 9.18 Å². The Bertz CT molecular complexity index is 659. The number of ether oxygens (including phenoxy) is 1. The Hall–Kier alpha value is -2.20. The van der Waals surface area contributed by atoms with Crippen LogP contribution in [0.1, 0.15) is 30.2 Å². The Morgan fingerprint density at radius 1 is 1.18 bits per heavy atom. The van der Waals surface area contributed by atoms with Gasteiger partial charge in [0.1, 0.15) is 18.5 Å². The van der Waals surface area contributed by atoms with Gasteiger partial charge in [-0.2, -0.15) is 0 Å². The number of hydrogen-bond donors (Lipinski definition) is 0. The summed E-state index contributed by atoms with van der Waals surface area (Å²) in [5.41, 5.74) is 1.84. The highest BCUT2D eigenvalue weighted by atomic mass is 19.1. The molecule has 3 rings (SSSR count). The summed E-state index contributed by atoms with van der Waals surface area (Å²) in [6, 6.07) is 16.2. The molecule has 0 unspecified atom stereocenters. The number of nitrogens with zero attached hydrogens (tertiary/aromatic N) is 1. The number of hydrogen-bond acceptors (Lipinski definition) is 2. The molecule has 1 aliphatic heterocycles. The molecule has 0 N–H and O–H groups in total. The third-order valence-electron chi connectivity index (χ3n) is 4.06. The van der Waals surface area contributed by atoms with Crippen molar-refractivity contribution in [2.75, 3.05) is 13.2 Å². The van der Waals surface area contributed by atoms with Crippen LogP contribution in [0.2, 0.25) is 0 Å². The van der Waals surface area contributed by atoms with Gasteiger partial charge in [0.05, 0.1) is 12.6 Å². The van der Waals surface area contributed by atoms with Gasteiger partial charge >= 0.3 is 0 Å². The second-order valence-electron chi connectivity index (χ2n) is 5.49. The number of carbonyl (C=O) groups excluding carboxylic acids is 1. The number of rotatable bonds is 3. The fourth-order valence-corrected chi connectivity index (χ4v) is 2.78. The predicted octanol–water partition coefficient (Wildman–Crippen LogP) is 3.49. The van der Waals surface area contributed by atoms with E-state index in [2.05, 4.69) is 0 Å². The molecule has 1 fully saturated rings. The van der Waals surface area contributed by atoms with Crippen LogP contribution in [0.4, 0.5) is 4.39 Å². The van der Waals surface area contributed by atoms with Crippen LogP contribution in [0.3, 0.4) is 0 Å². The number of amides is 1. The van der Waals surface area contributed by atoms with E-state index in [0.29, 0.717) is 6.54 Å². The van der Waals surface area contributed by atoms with Crippen LogP contribution in [-0.2, 0) is 9.53 Å². The van der Waals surface area contributed by atoms with E-state index in [-0.39, 0.29) is 30.5 Å². The maximum Gasteiger partial charge on any atom is 0.249 e. The molecule has 0 aromatic heterocycles. The lowest BCUT2D eigenvalue weighted by molar-refractivity contribution is -0.152. The first-order chi connectivity index (χ1) is 10.6. The molecule has 22 heavy (non-hydrogen) atoms. The fraction of sp³-hybridized carbons (Fsp3) is 0.278. The molecule has 3 nitrogen and oxygen atoms in total. The zero-order valence-corrected chi connectivity index (χ0v) is 12.4. The van der Waals surface area contributed by atoms with Crippen LogP contribution < -0.4 is 0 Å². The molecule has 0 spiro atoms. The highest BCUT2D eigenvalue weighted by Crippen LogP contribution is 2.29. The van der Waals surface area contributed by atoms with Crippen molar-refractivity contribution in [3.8, 4) is 0 Å². The Morgan fingerprint density at radius 3 is 2.68 bits per heavy atom. The quantitative estimate of drug-likeness (QED) is 0.868. The van der Waals surface area contributed by atoms with E-state index >= 15 is 0 Å². The van der Waals surface area contributed by atoms with E-state index < -0.39 is 0 Å². The second kappa shape index (κ2) is 6.28. The van der Waals surface area contributed by atoms with E-state index in [0.717, 1.165) is 11.1 Å². The van der Waals surface area contributed by atoms with Crippen LogP contribution >= 0.6 is 0 Å². The first kappa shape index (κ1) is 14.7. The normalized spacial score (nSPS) is 20.0. The molecule has 0 aliphatic carbocycles. The van der Waals surface area contributed by atoms with Crippen LogP contribution in [0.5, 0.6) is 0 Å². The van der Waals surface area contributed by atoms with Gasteiger partial charge < -0.3 is 9.64 Å². The Labute approximate surface area is 129 Å². The van der Waals surface area contributed by atoms with E-state index in [4.69, 9.17) is 4.74 Å². The number of morpholine rings is 1. The van der Waals surface area contributed by atoms with Crippen molar-refractivity contribution in [2.45, 2.75) is 19.1 Å². The zero-order chi connectivity index (χ0) is 15.5. The summed E-state index contributed by atoms with van der Waals surface area (Å²) in [4.78, 5) is 14.0. The molecule has 1 saturated heterocycles. The lowest BCUT2D eigenvalue weighted by atomic mass is 10.0. The third-order valence-corrected chi connectivity index (χ3v) is 4.06. The Morgan fingerprint density at radius 2 is 1.95 bits per heavy atom. The number of halogens is 1. The molecule has 0 radical (unpaired) electrons. The molecular weight excluding hydrogens is 281 g/mol. The average molecular weight is 299 g/mol. The van der Waals surface area contributed by atoms with Crippen molar-refractivity contribution < 1.29 is 13.9 Å². The van der Waals surface area contributed by atoms with E-state index in [1.807, 2.05) is 43.3 Å². The van der Waals surface area contributed by atoms with Gasteiger partial charge in [0.25, 0.3) is 0 Å². The molecule has 1 heterocycles. The molecule has 114 valence electrons. The second-order valence-corrected chi connectivity index (χ2v) is 5.49. The van der Waals surface area contributed by atoms with Crippen LogP contribution in [-0.4, -0.2) is 24.0 Å². The van der Waals surface area contributed by atoms with E-state index in [1.54, 1.807) is 11.0 Å². The molecular formula is C18H18FNO2. The maximum absolute atomic E-state index is 13.4.